The highest BCUT2D eigenvalue weighted by Crippen LogP contribution is 2.50. The van der Waals surface area contributed by atoms with E-state index in [9.17, 15) is 0 Å². The van der Waals surface area contributed by atoms with Gasteiger partial charge in [-0.05, 0) is 147 Å². The lowest BCUT2D eigenvalue weighted by molar-refractivity contribution is 0.590. The average molecular weight is 909 g/mol. The van der Waals surface area contributed by atoms with Crippen molar-refractivity contribution in [2.24, 2.45) is 0 Å². The zero-order valence-electron chi connectivity index (χ0n) is 45.3. The largest absolute Gasteiger partial charge is 0.311 e. The second kappa shape index (κ2) is 16.4. The van der Waals surface area contributed by atoms with Gasteiger partial charge in [-0.15, -0.1) is 0 Å². The number of nitrogens with zero attached hydrogens (tertiary/aromatic N) is 2. The standard InChI is InChI=1S/C66H77BN2/c1-61(2,3)45-23-19-42(20-24-45)44-37-58-60-59(38-44)69(55-34-29-48(64(10,11)12)39-52(55)43-21-25-46(26-22-43)62(4,5)6)57-36-31-50(66(16,17)18)41-54(57)67(60)53-40-49(65(13,14)15)30-35-56(53)68(58)51-32-27-47(28-33-51)63(7,8)9/h19-41H,1-18H3. The molecule has 69 heavy (non-hydrogen) atoms. The quantitative estimate of drug-likeness (QED) is 0.162. The monoisotopic (exact) mass is 909 g/mol. The highest BCUT2D eigenvalue weighted by molar-refractivity contribution is 7.00. The first-order valence-corrected chi connectivity index (χ1v) is 25.5. The SMILES string of the molecule is CC(C)(C)c1ccc(-c2cc3c4c(c2)N(c2ccc(C(C)(C)C)cc2-c2ccc(C(C)(C)C)cc2)c2ccc(C(C)(C)C)cc2B4c2cc(C(C)(C)C)ccc2N3c2ccc(C(C)(C)C)cc2)cc1. The van der Waals surface area contributed by atoms with Crippen LogP contribution in [0.1, 0.15) is 158 Å². The van der Waals surface area contributed by atoms with E-state index in [2.05, 4.69) is 274 Å². The van der Waals surface area contributed by atoms with Gasteiger partial charge in [0.05, 0.1) is 5.69 Å². The number of hydrogen-bond acceptors (Lipinski definition) is 2. The van der Waals surface area contributed by atoms with Gasteiger partial charge in [-0.1, -0.05) is 216 Å². The van der Waals surface area contributed by atoms with E-state index in [4.69, 9.17) is 0 Å². The van der Waals surface area contributed by atoms with Crippen molar-refractivity contribution in [1.82, 2.24) is 0 Å². The molecule has 7 aromatic rings. The molecule has 7 aromatic carbocycles. The summed E-state index contributed by atoms with van der Waals surface area (Å²) < 4.78 is 0. The summed E-state index contributed by atoms with van der Waals surface area (Å²) in [6.45, 7) is 41.8. The molecule has 9 rings (SSSR count). The van der Waals surface area contributed by atoms with Gasteiger partial charge in [0.1, 0.15) is 0 Å². The molecule has 2 heterocycles. The van der Waals surface area contributed by atoms with Crippen LogP contribution in [-0.2, 0) is 32.5 Å². The third kappa shape index (κ3) is 8.90. The molecule has 0 N–H and O–H groups in total. The van der Waals surface area contributed by atoms with Gasteiger partial charge in [0.2, 0.25) is 0 Å². The highest BCUT2D eigenvalue weighted by atomic mass is 15.2. The van der Waals surface area contributed by atoms with E-state index >= 15 is 0 Å². The van der Waals surface area contributed by atoms with Crippen LogP contribution in [0, 0.1) is 0 Å². The number of fused-ring (bicyclic) bond motifs is 4. The molecule has 0 spiro atoms. The van der Waals surface area contributed by atoms with Crippen LogP contribution in [0.4, 0.5) is 34.1 Å². The van der Waals surface area contributed by atoms with Crippen molar-refractivity contribution in [3.8, 4) is 22.3 Å². The second-order valence-corrected chi connectivity index (χ2v) is 26.5. The Balaban J connectivity index is 1.43. The Morgan fingerprint density at radius 2 is 0.609 bits per heavy atom. The van der Waals surface area contributed by atoms with E-state index in [1.807, 2.05) is 0 Å². The predicted octanol–water partition coefficient (Wildman–Crippen LogP) is 16.9. The van der Waals surface area contributed by atoms with Crippen molar-refractivity contribution in [3.63, 3.8) is 0 Å². The summed E-state index contributed by atoms with van der Waals surface area (Å²) in [6, 6.07) is 55.2. The molecule has 0 bridgehead atoms. The van der Waals surface area contributed by atoms with Crippen LogP contribution in [0.25, 0.3) is 22.3 Å². The maximum atomic E-state index is 2.64. The Morgan fingerprint density at radius 3 is 1.03 bits per heavy atom. The molecule has 0 fully saturated rings. The minimum Gasteiger partial charge on any atom is -0.311 e. The van der Waals surface area contributed by atoms with Crippen molar-refractivity contribution >= 4 is 57.2 Å². The number of rotatable bonds is 4. The molecular weight excluding hydrogens is 832 g/mol. The molecule has 354 valence electrons. The zero-order chi connectivity index (χ0) is 50.0. The Bertz CT molecular complexity index is 3070. The minimum atomic E-state index is -0.0497. The van der Waals surface area contributed by atoms with E-state index in [-0.39, 0.29) is 39.2 Å². The summed E-state index contributed by atoms with van der Waals surface area (Å²) in [5.74, 6) is 0. The molecule has 0 saturated heterocycles. The molecular formula is C66H77BN2. The van der Waals surface area contributed by atoms with Crippen molar-refractivity contribution in [1.29, 1.82) is 0 Å². The van der Waals surface area contributed by atoms with Crippen LogP contribution in [-0.4, -0.2) is 6.71 Å². The smallest absolute Gasteiger partial charge is 0.252 e. The van der Waals surface area contributed by atoms with Crippen LogP contribution in [0.3, 0.4) is 0 Å². The Morgan fingerprint density at radius 1 is 0.275 bits per heavy atom. The lowest BCUT2D eigenvalue weighted by atomic mass is 9.33. The lowest BCUT2D eigenvalue weighted by Gasteiger charge is -2.45. The lowest BCUT2D eigenvalue weighted by Crippen LogP contribution is -2.61. The van der Waals surface area contributed by atoms with Gasteiger partial charge in [0, 0.05) is 34.0 Å². The van der Waals surface area contributed by atoms with Gasteiger partial charge in [-0.2, -0.15) is 0 Å². The Kier molecular flexibility index (Phi) is 11.5. The molecule has 0 radical (unpaired) electrons. The zero-order valence-corrected chi connectivity index (χ0v) is 45.3. The summed E-state index contributed by atoms with van der Waals surface area (Å²) in [5, 5.41) is 0. The molecule has 0 saturated carbocycles. The molecule has 2 aliphatic rings. The fraction of sp³-hybridized carbons (Fsp3) is 0.364. The predicted molar refractivity (Wildman–Crippen MR) is 304 cm³/mol. The Hall–Kier alpha value is -5.80. The summed E-state index contributed by atoms with van der Waals surface area (Å²) >= 11 is 0. The first-order chi connectivity index (χ1) is 32.0. The second-order valence-electron chi connectivity index (χ2n) is 26.5. The molecule has 0 aliphatic carbocycles. The minimum absolute atomic E-state index is 0.00775. The van der Waals surface area contributed by atoms with Crippen molar-refractivity contribution in [3.05, 3.63) is 173 Å². The van der Waals surface area contributed by atoms with E-state index in [0.717, 1.165) is 0 Å². The van der Waals surface area contributed by atoms with Crippen LogP contribution < -0.4 is 26.2 Å². The van der Waals surface area contributed by atoms with Gasteiger partial charge in [-0.25, -0.2) is 0 Å². The number of hydrogen-bond donors (Lipinski definition) is 0. The molecule has 0 aromatic heterocycles. The van der Waals surface area contributed by atoms with E-state index in [1.54, 1.807) is 0 Å². The van der Waals surface area contributed by atoms with Gasteiger partial charge < -0.3 is 9.80 Å². The van der Waals surface area contributed by atoms with Gasteiger partial charge >= 0.3 is 0 Å². The molecule has 2 nitrogen and oxygen atoms in total. The topological polar surface area (TPSA) is 6.48 Å². The average Bonchev–Trinajstić information content (AvgIpc) is 3.26. The van der Waals surface area contributed by atoms with E-state index < -0.39 is 0 Å². The third-order valence-corrected chi connectivity index (χ3v) is 15.0. The maximum absolute atomic E-state index is 2.64. The van der Waals surface area contributed by atoms with Crippen molar-refractivity contribution in [2.45, 2.75) is 157 Å². The molecule has 0 atom stereocenters. The molecule has 0 unspecified atom stereocenters. The highest BCUT2D eigenvalue weighted by Gasteiger charge is 2.45. The molecule has 2 aliphatic heterocycles. The van der Waals surface area contributed by atoms with Crippen LogP contribution in [0.5, 0.6) is 0 Å². The summed E-state index contributed by atoms with van der Waals surface area (Å²) in [7, 11) is 0. The maximum Gasteiger partial charge on any atom is 0.252 e. The van der Waals surface area contributed by atoms with Crippen LogP contribution in [0.2, 0.25) is 0 Å². The fourth-order valence-electron chi connectivity index (χ4n) is 10.5. The Labute approximate surface area is 417 Å². The fourth-order valence-corrected chi connectivity index (χ4v) is 10.5. The summed E-state index contributed by atoms with van der Waals surface area (Å²) in [4.78, 5) is 5.23. The van der Waals surface area contributed by atoms with Crippen molar-refractivity contribution in [2.75, 3.05) is 9.80 Å². The molecule has 0 amide bonds. The third-order valence-electron chi connectivity index (χ3n) is 15.0. The van der Waals surface area contributed by atoms with Crippen molar-refractivity contribution < 1.29 is 0 Å². The van der Waals surface area contributed by atoms with Gasteiger partial charge in [0.15, 0.2) is 0 Å². The van der Waals surface area contributed by atoms with E-state index in [0.29, 0.717) is 0 Å². The van der Waals surface area contributed by atoms with Crippen LogP contribution in [0.15, 0.2) is 140 Å². The molecule has 3 heteroatoms. The number of anilines is 6. The number of benzene rings is 7. The van der Waals surface area contributed by atoms with Crippen LogP contribution >= 0.6 is 0 Å². The summed E-state index contributed by atoms with van der Waals surface area (Å²) in [6.07, 6.45) is 0. The summed E-state index contributed by atoms with van der Waals surface area (Å²) in [5.41, 5.74) is 24.2. The first-order valence-electron chi connectivity index (χ1n) is 25.5. The van der Waals surface area contributed by atoms with Gasteiger partial charge in [0.25, 0.3) is 6.71 Å². The van der Waals surface area contributed by atoms with E-state index in [1.165, 1.54) is 106 Å². The normalized spacial score (nSPS) is 14.1. The first kappa shape index (κ1) is 48.2. The van der Waals surface area contributed by atoms with Gasteiger partial charge in [-0.3, -0.25) is 0 Å².